The van der Waals surface area contributed by atoms with Crippen LogP contribution in [0.4, 0.5) is 0 Å². The molecule has 15 heavy (non-hydrogen) atoms. The number of nitrogens with one attached hydrogen (secondary N) is 1. The molecule has 3 N–H and O–H groups in total. The Kier molecular flexibility index (Phi) is 5.96. The molecule has 0 heterocycles. The zero-order valence-electron chi connectivity index (χ0n) is 10.1. The molecule has 1 unspecified atom stereocenters. The Morgan fingerprint density at radius 1 is 1.40 bits per heavy atom. The topological polar surface area (TPSA) is 38.0 Å². The Hall–Kier alpha value is -0.340. The van der Waals surface area contributed by atoms with E-state index in [1.165, 1.54) is 44.1 Å². The molecular weight excluding hydrogens is 184 g/mol. The van der Waals surface area contributed by atoms with Crippen molar-refractivity contribution in [2.24, 2.45) is 11.8 Å². The molecule has 88 valence electrons. The average Bonchev–Trinajstić information content (AvgIpc) is 2.29. The van der Waals surface area contributed by atoms with Gasteiger partial charge in [-0.25, -0.2) is 0 Å². The van der Waals surface area contributed by atoms with Crippen LogP contribution < -0.4 is 11.3 Å². The van der Waals surface area contributed by atoms with Gasteiger partial charge in [0.2, 0.25) is 0 Å². The molecule has 0 radical (unpaired) electrons. The predicted octanol–water partition coefficient (Wildman–Crippen LogP) is 3.15. The van der Waals surface area contributed by atoms with Gasteiger partial charge in [-0.2, -0.15) is 0 Å². The maximum atomic E-state index is 5.60. The van der Waals surface area contributed by atoms with Crippen molar-refractivity contribution < 1.29 is 0 Å². The minimum Gasteiger partial charge on any atom is -0.271 e. The normalized spacial score (nSPS) is 20.1. The third-order valence-corrected chi connectivity index (χ3v) is 3.61. The third kappa shape index (κ3) is 4.80. The van der Waals surface area contributed by atoms with Crippen LogP contribution in [-0.2, 0) is 0 Å². The lowest BCUT2D eigenvalue weighted by atomic mass is 9.83. The molecule has 1 aliphatic rings. The number of hydrazine groups is 1. The third-order valence-electron chi connectivity index (χ3n) is 3.61. The number of nitrogens with two attached hydrogens (primary N) is 1. The highest BCUT2D eigenvalue weighted by Gasteiger charge is 2.18. The lowest BCUT2D eigenvalue weighted by Gasteiger charge is -2.26. The maximum Gasteiger partial charge on any atom is 0.0250 e. The predicted molar refractivity (Wildman–Crippen MR) is 66.4 cm³/mol. The molecule has 0 aromatic carbocycles. The zero-order valence-corrected chi connectivity index (χ0v) is 10.1. The van der Waals surface area contributed by atoms with E-state index in [0.717, 1.165) is 18.8 Å². The number of hydrogen-bond donors (Lipinski definition) is 2. The Labute approximate surface area is 94.3 Å². The van der Waals surface area contributed by atoms with Crippen molar-refractivity contribution in [1.82, 2.24) is 5.43 Å². The van der Waals surface area contributed by atoms with Gasteiger partial charge < -0.3 is 0 Å². The molecule has 1 atom stereocenters. The van der Waals surface area contributed by atoms with Crippen LogP contribution in [0.2, 0.25) is 0 Å². The van der Waals surface area contributed by atoms with Crippen molar-refractivity contribution in [1.29, 1.82) is 0 Å². The van der Waals surface area contributed by atoms with Crippen molar-refractivity contribution in [2.75, 3.05) is 0 Å². The second-order valence-electron chi connectivity index (χ2n) is 4.91. The molecule has 0 aromatic heterocycles. The lowest BCUT2D eigenvalue weighted by molar-refractivity contribution is 0.297. The van der Waals surface area contributed by atoms with Gasteiger partial charge in [-0.1, -0.05) is 51.2 Å². The standard InChI is InChI=1S/C13H26N2/c1-3-11(2)9-13(15-14)10-12-7-5-4-6-8-12/h12-13,15H,2-10,14H2,1H3. The van der Waals surface area contributed by atoms with Crippen molar-refractivity contribution >= 4 is 0 Å². The summed E-state index contributed by atoms with van der Waals surface area (Å²) < 4.78 is 0. The SMILES string of the molecule is C=C(CC)CC(CC1CCCCC1)NN. The van der Waals surface area contributed by atoms with Crippen molar-refractivity contribution in [3.05, 3.63) is 12.2 Å². The molecule has 2 nitrogen and oxygen atoms in total. The van der Waals surface area contributed by atoms with Gasteiger partial charge >= 0.3 is 0 Å². The Morgan fingerprint density at radius 2 is 2.07 bits per heavy atom. The van der Waals surface area contributed by atoms with E-state index in [0.29, 0.717) is 6.04 Å². The van der Waals surface area contributed by atoms with Gasteiger partial charge in [0.25, 0.3) is 0 Å². The van der Waals surface area contributed by atoms with Crippen LogP contribution in [0.5, 0.6) is 0 Å². The van der Waals surface area contributed by atoms with E-state index in [4.69, 9.17) is 5.84 Å². The molecule has 1 fully saturated rings. The summed E-state index contributed by atoms with van der Waals surface area (Å²) in [6.45, 7) is 6.22. The van der Waals surface area contributed by atoms with Crippen LogP contribution in [0.25, 0.3) is 0 Å². The molecule has 0 spiro atoms. The summed E-state index contributed by atoms with van der Waals surface area (Å²) in [5.74, 6) is 6.49. The summed E-state index contributed by atoms with van der Waals surface area (Å²) >= 11 is 0. The molecule has 1 saturated carbocycles. The first kappa shape index (κ1) is 12.7. The van der Waals surface area contributed by atoms with Crippen LogP contribution in [-0.4, -0.2) is 6.04 Å². The second kappa shape index (κ2) is 7.02. The van der Waals surface area contributed by atoms with E-state index < -0.39 is 0 Å². The molecule has 2 heteroatoms. The second-order valence-corrected chi connectivity index (χ2v) is 4.91. The number of rotatable bonds is 6. The van der Waals surface area contributed by atoms with Gasteiger partial charge in [-0.15, -0.1) is 0 Å². The van der Waals surface area contributed by atoms with Gasteiger partial charge in [-0.05, 0) is 25.2 Å². The van der Waals surface area contributed by atoms with E-state index >= 15 is 0 Å². The molecule has 1 aliphatic carbocycles. The van der Waals surface area contributed by atoms with Crippen LogP contribution >= 0.6 is 0 Å². The van der Waals surface area contributed by atoms with Crippen molar-refractivity contribution in [2.45, 2.75) is 64.3 Å². The monoisotopic (exact) mass is 210 g/mol. The fraction of sp³-hybridized carbons (Fsp3) is 0.846. The summed E-state index contributed by atoms with van der Waals surface area (Å²) in [6, 6.07) is 0.445. The molecule has 0 amide bonds. The number of hydrogen-bond acceptors (Lipinski definition) is 2. The Morgan fingerprint density at radius 3 is 2.60 bits per heavy atom. The van der Waals surface area contributed by atoms with E-state index in [9.17, 15) is 0 Å². The van der Waals surface area contributed by atoms with E-state index in [2.05, 4.69) is 18.9 Å². The fourth-order valence-corrected chi connectivity index (χ4v) is 2.53. The highest BCUT2D eigenvalue weighted by atomic mass is 15.2. The zero-order chi connectivity index (χ0) is 11.1. The first-order valence-corrected chi connectivity index (χ1v) is 6.39. The largest absolute Gasteiger partial charge is 0.271 e. The van der Waals surface area contributed by atoms with Gasteiger partial charge in [0.15, 0.2) is 0 Å². The van der Waals surface area contributed by atoms with Gasteiger partial charge in [0.05, 0.1) is 0 Å². The smallest absolute Gasteiger partial charge is 0.0250 e. The van der Waals surface area contributed by atoms with Gasteiger partial charge in [0, 0.05) is 6.04 Å². The highest BCUT2D eigenvalue weighted by Crippen LogP contribution is 2.28. The highest BCUT2D eigenvalue weighted by molar-refractivity contribution is 4.96. The lowest BCUT2D eigenvalue weighted by Crippen LogP contribution is -2.37. The first-order valence-electron chi connectivity index (χ1n) is 6.39. The van der Waals surface area contributed by atoms with Crippen LogP contribution in [0.3, 0.4) is 0 Å². The van der Waals surface area contributed by atoms with Crippen molar-refractivity contribution in [3.63, 3.8) is 0 Å². The van der Waals surface area contributed by atoms with Crippen LogP contribution in [0.15, 0.2) is 12.2 Å². The Bertz CT molecular complexity index is 183. The molecule has 0 aliphatic heterocycles. The Balaban J connectivity index is 2.28. The molecule has 1 rings (SSSR count). The quantitative estimate of drug-likeness (QED) is 0.401. The molecular formula is C13H26N2. The molecule has 0 aromatic rings. The summed E-state index contributed by atoms with van der Waals surface area (Å²) in [7, 11) is 0. The molecule has 0 bridgehead atoms. The van der Waals surface area contributed by atoms with E-state index in [1.807, 2.05) is 0 Å². The van der Waals surface area contributed by atoms with Crippen molar-refractivity contribution in [3.8, 4) is 0 Å². The summed E-state index contributed by atoms with van der Waals surface area (Å²) in [5.41, 5.74) is 4.27. The minimum atomic E-state index is 0.445. The van der Waals surface area contributed by atoms with Crippen LogP contribution in [0, 0.1) is 5.92 Å². The minimum absolute atomic E-state index is 0.445. The molecule has 0 saturated heterocycles. The van der Waals surface area contributed by atoms with Gasteiger partial charge in [-0.3, -0.25) is 11.3 Å². The first-order chi connectivity index (χ1) is 7.26. The summed E-state index contributed by atoms with van der Waals surface area (Å²) in [6.07, 6.45) is 10.4. The average molecular weight is 210 g/mol. The fourth-order valence-electron chi connectivity index (χ4n) is 2.53. The van der Waals surface area contributed by atoms with E-state index in [-0.39, 0.29) is 0 Å². The maximum absolute atomic E-state index is 5.60. The van der Waals surface area contributed by atoms with Gasteiger partial charge in [0.1, 0.15) is 0 Å². The summed E-state index contributed by atoms with van der Waals surface area (Å²) in [4.78, 5) is 0. The van der Waals surface area contributed by atoms with E-state index in [1.54, 1.807) is 0 Å². The summed E-state index contributed by atoms with van der Waals surface area (Å²) in [5, 5.41) is 0. The van der Waals surface area contributed by atoms with Crippen LogP contribution in [0.1, 0.15) is 58.3 Å².